The van der Waals surface area contributed by atoms with Crippen LogP contribution in [0.2, 0.25) is 0 Å². The van der Waals surface area contributed by atoms with Crippen molar-refractivity contribution in [3.63, 3.8) is 0 Å². The summed E-state index contributed by atoms with van der Waals surface area (Å²) < 4.78 is 10.9. The Morgan fingerprint density at radius 3 is 2.35 bits per heavy atom. The van der Waals surface area contributed by atoms with Crippen LogP contribution in [0.25, 0.3) is 0 Å². The molecule has 1 aliphatic carbocycles. The van der Waals surface area contributed by atoms with E-state index in [0.29, 0.717) is 32.4 Å². The van der Waals surface area contributed by atoms with Crippen LogP contribution in [0.5, 0.6) is 11.5 Å². The predicted molar refractivity (Wildman–Crippen MR) is 134 cm³/mol. The molecule has 2 aromatic carbocycles. The SMILES string of the molecule is CC[C@@H](C(=O)NC1CCCC1)N(CCc1ccccc1)C(=O)CCCOc1ccc(OC)cc1. The molecule has 0 spiro atoms. The van der Waals surface area contributed by atoms with Gasteiger partial charge in [-0.1, -0.05) is 50.1 Å². The average Bonchev–Trinajstić information content (AvgIpc) is 3.38. The van der Waals surface area contributed by atoms with Gasteiger partial charge in [-0.15, -0.1) is 0 Å². The fourth-order valence-electron chi connectivity index (χ4n) is 4.49. The van der Waals surface area contributed by atoms with Crippen LogP contribution in [-0.4, -0.2) is 49.1 Å². The maximum absolute atomic E-state index is 13.3. The van der Waals surface area contributed by atoms with Crippen molar-refractivity contribution in [3.05, 3.63) is 60.2 Å². The number of hydrogen-bond donors (Lipinski definition) is 1. The van der Waals surface area contributed by atoms with Gasteiger partial charge in [-0.3, -0.25) is 9.59 Å². The van der Waals surface area contributed by atoms with Gasteiger partial charge in [0.15, 0.2) is 0 Å². The van der Waals surface area contributed by atoms with Crippen LogP contribution in [0.15, 0.2) is 54.6 Å². The molecule has 0 unspecified atom stereocenters. The van der Waals surface area contributed by atoms with Crippen LogP contribution < -0.4 is 14.8 Å². The number of methoxy groups -OCH3 is 1. The molecule has 0 radical (unpaired) electrons. The predicted octanol–water partition coefficient (Wildman–Crippen LogP) is 4.76. The van der Waals surface area contributed by atoms with Gasteiger partial charge in [0.05, 0.1) is 13.7 Å². The molecule has 1 aliphatic rings. The Balaban J connectivity index is 1.58. The molecule has 1 saturated carbocycles. The average molecular weight is 467 g/mol. The van der Waals surface area contributed by atoms with Gasteiger partial charge >= 0.3 is 0 Å². The number of hydrogen-bond acceptors (Lipinski definition) is 4. The molecule has 0 aliphatic heterocycles. The molecular formula is C28H38N2O4. The van der Waals surface area contributed by atoms with Gasteiger partial charge in [-0.2, -0.15) is 0 Å². The third-order valence-corrected chi connectivity index (χ3v) is 6.43. The summed E-state index contributed by atoms with van der Waals surface area (Å²) in [6.45, 7) is 2.95. The molecule has 34 heavy (non-hydrogen) atoms. The van der Waals surface area contributed by atoms with Gasteiger partial charge in [0.2, 0.25) is 11.8 Å². The first-order chi connectivity index (χ1) is 16.6. The topological polar surface area (TPSA) is 67.9 Å². The van der Waals surface area contributed by atoms with E-state index in [2.05, 4.69) is 17.4 Å². The Morgan fingerprint density at radius 2 is 1.71 bits per heavy atom. The second-order valence-electron chi connectivity index (χ2n) is 8.86. The lowest BCUT2D eigenvalue weighted by Gasteiger charge is -2.31. The van der Waals surface area contributed by atoms with Crippen molar-refractivity contribution in [2.24, 2.45) is 0 Å². The van der Waals surface area contributed by atoms with Crippen molar-refractivity contribution in [3.8, 4) is 11.5 Å². The number of rotatable bonds is 13. The van der Waals surface area contributed by atoms with Crippen LogP contribution in [0.4, 0.5) is 0 Å². The maximum Gasteiger partial charge on any atom is 0.243 e. The zero-order valence-electron chi connectivity index (χ0n) is 20.5. The van der Waals surface area contributed by atoms with Gasteiger partial charge in [-0.25, -0.2) is 0 Å². The van der Waals surface area contributed by atoms with E-state index in [4.69, 9.17) is 9.47 Å². The Hall–Kier alpha value is -3.02. The van der Waals surface area contributed by atoms with Crippen LogP contribution in [0.3, 0.4) is 0 Å². The lowest BCUT2D eigenvalue weighted by molar-refractivity contribution is -0.141. The maximum atomic E-state index is 13.3. The first-order valence-corrected chi connectivity index (χ1v) is 12.5. The highest BCUT2D eigenvalue weighted by molar-refractivity contribution is 5.87. The largest absolute Gasteiger partial charge is 0.497 e. The van der Waals surface area contributed by atoms with E-state index >= 15 is 0 Å². The molecule has 0 heterocycles. The molecule has 0 aromatic heterocycles. The van der Waals surface area contributed by atoms with Crippen molar-refractivity contribution in [2.45, 2.75) is 70.4 Å². The minimum Gasteiger partial charge on any atom is -0.497 e. The molecule has 3 rings (SSSR count). The molecule has 1 N–H and O–H groups in total. The Labute approximate surface area is 203 Å². The molecule has 1 fully saturated rings. The number of ether oxygens (including phenoxy) is 2. The molecule has 1 atom stereocenters. The van der Waals surface area contributed by atoms with Gasteiger partial charge < -0.3 is 19.7 Å². The fraction of sp³-hybridized carbons (Fsp3) is 0.500. The fourth-order valence-corrected chi connectivity index (χ4v) is 4.49. The summed E-state index contributed by atoms with van der Waals surface area (Å²) in [5.41, 5.74) is 1.16. The smallest absolute Gasteiger partial charge is 0.243 e. The summed E-state index contributed by atoms with van der Waals surface area (Å²) >= 11 is 0. The van der Waals surface area contributed by atoms with Crippen molar-refractivity contribution >= 4 is 11.8 Å². The lowest BCUT2D eigenvalue weighted by Crippen LogP contribution is -2.51. The summed E-state index contributed by atoms with van der Waals surface area (Å²) in [4.78, 5) is 28.2. The summed E-state index contributed by atoms with van der Waals surface area (Å²) in [6, 6.07) is 17.3. The third-order valence-electron chi connectivity index (χ3n) is 6.43. The zero-order chi connectivity index (χ0) is 24.2. The standard InChI is InChI=1S/C28H38N2O4/c1-3-26(28(32)29-23-12-7-8-13-23)30(20-19-22-10-5-4-6-11-22)27(31)14-9-21-34-25-17-15-24(33-2)16-18-25/h4-6,10-11,15-18,23,26H,3,7-9,12-14,19-21H2,1-2H3,(H,29,32)/t26-/m0/s1. The van der Waals surface area contributed by atoms with E-state index in [1.165, 1.54) is 0 Å². The third kappa shape index (κ3) is 7.79. The van der Waals surface area contributed by atoms with Crippen LogP contribution in [0.1, 0.15) is 57.4 Å². The van der Waals surface area contributed by atoms with E-state index in [1.807, 2.05) is 49.4 Å². The first kappa shape index (κ1) is 25.6. The highest BCUT2D eigenvalue weighted by Gasteiger charge is 2.30. The van der Waals surface area contributed by atoms with E-state index < -0.39 is 6.04 Å². The molecule has 0 saturated heterocycles. The van der Waals surface area contributed by atoms with Crippen molar-refractivity contribution in [2.75, 3.05) is 20.3 Å². The minimum atomic E-state index is -0.445. The molecule has 2 amide bonds. The van der Waals surface area contributed by atoms with E-state index in [-0.39, 0.29) is 17.9 Å². The van der Waals surface area contributed by atoms with Gasteiger partial charge in [0.25, 0.3) is 0 Å². The lowest BCUT2D eigenvalue weighted by atomic mass is 10.1. The number of amides is 2. The van der Waals surface area contributed by atoms with E-state index in [9.17, 15) is 9.59 Å². The molecular weight excluding hydrogens is 428 g/mol. The summed E-state index contributed by atoms with van der Waals surface area (Å²) in [5, 5.41) is 3.19. The minimum absolute atomic E-state index is 0.00249. The first-order valence-electron chi connectivity index (χ1n) is 12.5. The summed E-state index contributed by atoms with van der Waals surface area (Å²) in [7, 11) is 1.63. The molecule has 6 heteroatoms. The number of nitrogens with one attached hydrogen (secondary N) is 1. The normalized spacial score (nSPS) is 14.4. The summed E-state index contributed by atoms with van der Waals surface area (Å²) in [5.74, 6) is 1.50. The van der Waals surface area contributed by atoms with Crippen LogP contribution >= 0.6 is 0 Å². The number of nitrogens with zero attached hydrogens (tertiary/aromatic N) is 1. The molecule has 0 bridgehead atoms. The van der Waals surface area contributed by atoms with Gasteiger partial charge in [0, 0.05) is 19.0 Å². The molecule has 2 aromatic rings. The molecule has 6 nitrogen and oxygen atoms in total. The van der Waals surface area contributed by atoms with E-state index in [0.717, 1.165) is 49.2 Å². The second kappa shape index (κ2) is 13.6. The van der Waals surface area contributed by atoms with E-state index in [1.54, 1.807) is 12.0 Å². The van der Waals surface area contributed by atoms with Gasteiger partial charge in [0.1, 0.15) is 17.5 Å². The van der Waals surface area contributed by atoms with Crippen molar-refractivity contribution < 1.29 is 19.1 Å². The zero-order valence-corrected chi connectivity index (χ0v) is 20.5. The number of benzene rings is 2. The highest BCUT2D eigenvalue weighted by Crippen LogP contribution is 2.20. The van der Waals surface area contributed by atoms with Crippen LogP contribution in [0, 0.1) is 0 Å². The summed E-state index contributed by atoms with van der Waals surface area (Å²) in [6.07, 6.45) is 6.64. The monoisotopic (exact) mass is 466 g/mol. The number of carbonyl (C=O) groups excluding carboxylic acids is 2. The Bertz CT molecular complexity index is 879. The second-order valence-corrected chi connectivity index (χ2v) is 8.86. The van der Waals surface area contributed by atoms with Crippen LogP contribution in [-0.2, 0) is 16.0 Å². The quantitative estimate of drug-likeness (QED) is 0.432. The van der Waals surface area contributed by atoms with Crippen molar-refractivity contribution in [1.82, 2.24) is 10.2 Å². The number of carbonyl (C=O) groups is 2. The Morgan fingerprint density at radius 1 is 1.03 bits per heavy atom. The van der Waals surface area contributed by atoms with Gasteiger partial charge in [-0.05, 0) is 61.9 Å². The highest BCUT2D eigenvalue weighted by atomic mass is 16.5. The Kier molecular flexibility index (Phi) is 10.3. The van der Waals surface area contributed by atoms with Crippen molar-refractivity contribution in [1.29, 1.82) is 0 Å². The molecule has 184 valence electrons.